The standard InChI is InChI=1S/C19H20F3N3O/c1-13-4-3-5-16(14(13)2)18(26)25-10-8-24(9-11-25)17-7-6-15(12-23-17)19(20,21)22/h3-7,12H,8-11H2,1-2H3/p+1. The van der Waals surface area contributed by atoms with Crippen molar-refractivity contribution in [3.05, 3.63) is 58.8 Å². The first kappa shape index (κ1) is 18.2. The molecule has 1 amide bonds. The highest BCUT2D eigenvalue weighted by atomic mass is 19.4. The number of benzene rings is 1. The molecule has 138 valence electrons. The summed E-state index contributed by atoms with van der Waals surface area (Å²) in [6.07, 6.45) is -3.38. The molecule has 0 unspecified atom stereocenters. The molecule has 26 heavy (non-hydrogen) atoms. The highest BCUT2D eigenvalue weighted by molar-refractivity contribution is 5.96. The summed E-state index contributed by atoms with van der Waals surface area (Å²) < 4.78 is 37.9. The molecule has 1 aromatic heterocycles. The van der Waals surface area contributed by atoms with Gasteiger partial charge in [-0.2, -0.15) is 13.2 Å². The largest absolute Gasteiger partial charge is 0.419 e. The number of H-pyrrole nitrogens is 1. The van der Waals surface area contributed by atoms with E-state index < -0.39 is 11.7 Å². The zero-order valence-electron chi connectivity index (χ0n) is 14.7. The smallest absolute Gasteiger partial charge is 0.331 e. The van der Waals surface area contributed by atoms with Gasteiger partial charge in [0.1, 0.15) is 19.3 Å². The number of piperazine rings is 1. The molecule has 0 spiro atoms. The van der Waals surface area contributed by atoms with Gasteiger partial charge in [-0.3, -0.25) is 9.69 Å². The van der Waals surface area contributed by atoms with E-state index >= 15 is 0 Å². The van der Waals surface area contributed by atoms with Gasteiger partial charge in [0.15, 0.2) is 0 Å². The summed E-state index contributed by atoms with van der Waals surface area (Å²) in [5.74, 6) is 0.624. The molecule has 0 bridgehead atoms. The van der Waals surface area contributed by atoms with Crippen LogP contribution in [0, 0.1) is 13.8 Å². The molecule has 4 nitrogen and oxygen atoms in total. The van der Waals surface area contributed by atoms with Gasteiger partial charge in [0.25, 0.3) is 11.7 Å². The molecular formula is C19H21F3N3O+. The first-order valence-electron chi connectivity index (χ1n) is 8.47. The van der Waals surface area contributed by atoms with Crippen LogP contribution in [-0.2, 0) is 6.18 Å². The summed E-state index contributed by atoms with van der Waals surface area (Å²) in [4.78, 5) is 19.2. The number of carbonyl (C=O) groups is 1. The monoisotopic (exact) mass is 364 g/mol. The zero-order chi connectivity index (χ0) is 18.9. The first-order chi connectivity index (χ1) is 12.3. The maximum absolute atomic E-state index is 12.7. The van der Waals surface area contributed by atoms with Crippen LogP contribution in [0.1, 0.15) is 27.0 Å². The third kappa shape index (κ3) is 3.66. The molecule has 0 atom stereocenters. The van der Waals surface area contributed by atoms with E-state index in [1.165, 1.54) is 6.07 Å². The molecule has 1 fully saturated rings. The predicted molar refractivity (Wildman–Crippen MR) is 92.0 cm³/mol. The van der Waals surface area contributed by atoms with E-state index in [9.17, 15) is 18.0 Å². The van der Waals surface area contributed by atoms with Crippen molar-refractivity contribution in [3.8, 4) is 0 Å². The van der Waals surface area contributed by atoms with Crippen molar-refractivity contribution < 1.29 is 22.9 Å². The number of nitrogens with zero attached hydrogens (tertiary/aromatic N) is 2. The number of carbonyl (C=O) groups excluding carboxylic acids is 1. The average Bonchev–Trinajstić information content (AvgIpc) is 2.63. The lowest BCUT2D eigenvalue weighted by atomic mass is 10.0. The van der Waals surface area contributed by atoms with E-state index in [2.05, 4.69) is 4.98 Å². The average molecular weight is 364 g/mol. The van der Waals surface area contributed by atoms with Crippen LogP contribution >= 0.6 is 0 Å². The summed E-state index contributed by atoms with van der Waals surface area (Å²) in [5.41, 5.74) is 2.06. The van der Waals surface area contributed by atoms with Crippen LogP contribution in [0.2, 0.25) is 0 Å². The number of alkyl halides is 3. The molecule has 0 aliphatic carbocycles. The molecule has 1 aliphatic heterocycles. The Morgan fingerprint density at radius 2 is 1.73 bits per heavy atom. The van der Waals surface area contributed by atoms with Crippen LogP contribution in [0.25, 0.3) is 0 Å². The molecule has 3 rings (SSSR count). The topological polar surface area (TPSA) is 37.7 Å². The van der Waals surface area contributed by atoms with Crippen molar-refractivity contribution >= 4 is 11.7 Å². The van der Waals surface area contributed by atoms with Crippen LogP contribution < -0.4 is 9.88 Å². The minimum Gasteiger partial charge on any atom is -0.331 e. The molecule has 1 saturated heterocycles. The Kier molecular flexibility index (Phi) is 4.89. The van der Waals surface area contributed by atoms with Crippen molar-refractivity contribution in [2.24, 2.45) is 0 Å². The summed E-state index contributed by atoms with van der Waals surface area (Å²) in [6.45, 7) is 6.11. The van der Waals surface area contributed by atoms with E-state index in [0.717, 1.165) is 23.4 Å². The molecule has 0 radical (unpaired) electrons. The maximum Gasteiger partial charge on any atom is 0.419 e. The Bertz CT molecular complexity index is 795. The van der Waals surface area contributed by atoms with Crippen molar-refractivity contribution in [1.29, 1.82) is 0 Å². The number of rotatable bonds is 2. The minimum atomic E-state index is -4.36. The van der Waals surface area contributed by atoms with Gasteiger partial charge >= 0.3 is 6.18 Å². The number of aromatic amines is 1. The Balaban J connectivity index is 1.65. The van der Waals surface area contributed by atoms with E-state index in [1.807, 2.05) is 36.9 Å². The second kappa shape index (κ2) is 6.97. The Morgan fingerprint density at radius 3 is 2.31 bits per heavy atom. The predicted octanol–water partition coefficient (Wildman–Crippen LogP) is 3.10. The Morgan fingerprint density at radius 1 is 1.04 bits per heavy atom. The third-order valence-electron chi connectivity index (χ3n) is 4.87. The fourth-order valence-corrected chi connectivity index (χ4v) is 3.09. The number of anilines is 1. The Hall–Kier alpha value is -2.57. The van der Waals surface area contributed by atoms with Crippen LogP contribution in [0.3, 0.4) is 0 Å². The lowest BCUT2D eigenvalue weighted by molar-refractivity contribution is -0.367. The minimum absolute atomic E-state index is 0.00208. The van der Waals surface area contributed by atoms with Crippen molar-refractivity contribution in [2.75, 3.05) is 31.1 Å². The second-order valence-corrected chi connectivity index (χ2v) is 6.49. The highest BCUT2D eigenvalue weighted by Crippen LogP contribution is 2.28. The third-order valence-corrected chi connectivity index (χ3v) is 4.87. The van der Waals surface area contributed by atoms with Crippen LogP contribution in [0.4, 0.5) is 19.0 Å². The lowest BCUT2D eigenvalue weighted by Crippen LogP contribution is -2.50. The van der Waals surface area contributed by atoms with Gasteiger partial charge in [-0.25, -0.2) is 4.98 Å². The summed E-state index contributed by atoms with van der Waals surface area (Å²) in [5, 5.41) is 0. The van der Waals surface area contributed by atoms with Crippen molar-refractivity contribution in [1.82, 2.24) is 4.90 Å². The van der Waals surface area contributed by atoms with Gasteiger partial charge in [0, 0.05) is 11.6 Å². The quantitative estimate of drug-likeness (QED) is 0.821. The fourth-order valence-electron chi connectivity index (χ4n) is 3.09. The normalized spacial score (nSPS) is 15.3. The number of hydrogen-bond donors (Lipinski definition) is 0. The number of pyridine rings is 1. The van der Waals surface area contributed by atoms with Gasteiger partial charge in [-0.15, -0.1) is 0 Å². The zero-order valence-corrected chi connectivity index (χ0v) is 14.7. The van der Waals surface area contributed by atoms with Crippen LogP contribution in [0.5, 0.6) is 0 Å². The number of hydrogen-bond acceptors (Lipinski definition) is 2. The lowest BCUT2D eigenvalue weighted by Gasteiger charge is -2.31. The van der Waals surface area contributed by atoms with Crippen molar-refractivity contribution in [2.45, 2.75) is 20.0 Å². The van der Waals surface area contributed by atoms with E-state index in [0.29, 0.717) is 37.6 Å². The molecule has 2 heterocycles. The van der Waals surface area contributed by atoms with Crippen LogP contribution in [0.15, 0.2) is 36.5 Å². The number of aryl methyl sites for hydroxylation is 1. The number of amides is 1. The SMILES string of the molecule is Cc1cccc(C(=O)N2CCN(c3ccc(C(F)(F)F)c[nH+]3)CC2)c1C. The second-order valence-electron chi connectivity index (χ2n) is 6.49. The number of halogens is 3. The van der Waals surface area contributed by atoms with Gasteiger partial charge in [0.2, 0.25) is 0 Å². The molecule has 1 aliphatic rings. The molecule has 0 saturated carbocycles. The Labute approximate surface area is 150 Å². The van der Waals surface area contributed by atoms with Crippen LogP contribution in [-0.4, -0.2) is 37.0 Å². The summed E-state index contributed by atoms with van der Waals surface area (Å²) >= 11 is 0. The van der Waals surface area contributed by atoms with E-state index in [-0.39, 0.29) is 5.91 Å². The summed E-state index contributed by atoms with van der Waals surface area (Å²) in [6, 6.07) is 8.19. The van der Waals surface area contributed by atoms with Gasteiger partial charge in [0.05, 0.1) is 18.7 Å². The number of nitrogens with one attached hydrogen (secondary N) is 1. The van der Waals surface area contributed by atoms with Gasteiger partial charge in [-0.1, -0.05) is 12.1 Å². The first-order valence-corrected chi connectivity index (χ1v) is 8.47. The number of aromatic nitrogens is 1. The molecule has 7 heteroatoms. The van der Waals surface area contributed by atoms with Crippen molar-refractivity contribution in [3.63, 3.8) is 0 Å². The van der Waals surface area contributed by atoms with Gasteiger partial charge in [-0.05, 0) is 37.1 Å². The molecule has 1 N–H and O–H groups in total. The van der Waals surface area contributed by atoms with Gasteiger partial charge < -0.3 is 4.90 Å². The fraction of sp³-hybridized carbons (Fsp3) is 0.368. The maximum atomic E-state index is 12.7. The molecule has 2 aromatic rings. The molecule has 1 aromatic carbocycles. The van der Waals surface area contributed by atoms with E-state index in [4.69, 9.17) is 0 Å². The molecular weight excluding hydrogens is 343 g/mol. The highest BCUT2D eigenvalue weighted by Gasteiger charge is 2.33. The summed E-state index contributed by atoms with van der Waals surface area (Å²) in [7, 11) is 0. The van der Waals surface area contributed by atoms with E-state index in [1.54, 1.807) is 4.90 Å².